The maximum Gasteiger partial charge on any atom is 0.352 e. The van der Waals surface area contributed by atoms with Gasteiger partial charge in [0.1, 0.15) is 36.1 Å². The van der Waals surface area contributed by atoms with Gasteiger partial charge in [0.2, 0.25) is 0 Å². The fraction of sp³-hybridized carbons (Fsp3) is 0.286. The predicted molar refractivity (Wildman–Crippen MR) is 130 cm³/mol. The van der Waals surface area contributed by atoms with Crippen molar-refractivity contribution in [2.45, 2.75) is 30.1 Å². The number of nitrogen functional groups attached to an aromatic ring is 1. The molecule has 3 atom stereocenters. The van der Waals surface area contributed by atoms with E-state index in [1.54, 1.807) is 22.3 Å². The Labute approximate surface area is 212 Å². The standard InChI is InChI=1S/C21H20N8O5S2/c1-10-3-4-14-27(9-23-28(14)6-10)7-11-5-13(20(32)33)29-18(31)16(19(29)36-11)25-17(30)15(26-34-2)12-8-35-21(22)24-12/h3-6,8-9,11,16,19H,7H2,1-2H3,(H3-,22,24,25,30,32,33)/p+1/b26-15-/t11?,16-,19+/m1/s1. The van der Waals surface area contributed by atoms with Gasteiger partial charge in [0.25, 0.3) is 23.8 Å². The number of rotatable bonds is 7. The third kappa shape index (κ3) is 4.15. The molecule has 5 rings (SSSR count). The minimum absolute atomic E-state index is 0.120. The van der Waals surface area contributed by atoms with Crippen molar-refractivity contribution in [3.05, 3.63) is 53.1 Å². The number of nitrogens with zero attached hydrogens (tertiary/aromatic N) is 6. The third-order valence-electron chi connectivity index (χ3n) is 5.67. The van der Waals surface area contributed by atoms with Crippen LogP contribution < -0.4 is 15.6 Å². The van der Waals surface area contributed by atoms with Gasteiger partial charge in [0.05, 0.1) is 11.8 Å². The van der Waals surface area contributed by atoms with E-state index in [0.29, 0.717) is 6.54 Å². The number of carbonyl (C=O) groups excluding carboxylic acids is 2. The van der Waals surface area contributed by atoms with Crippen LogP contribution in [-0.2, 0) is 25.8 Å². The number of amides is 2. The zero-order chi connectivity index (χ0) is 25.6. The molecule has 1 saturated heterocycles. The molecule has 2 amide bonds. The lowest BCUT2D eigenvalue weighted by Gasteiger charge is -2.49. The highest BCUT2D eigenvalue weighted by Crippen LogP contribution is 2.41. The second kappa shape index (κ2) is 9.23. The number of thiazole rings is 1. The van der Waals surface area contributed by atoms with E-state index in [2.05, 4.69) is 20.6 Å². The molecular weight excluding hydrogens is 508 g/mol. The summed E-state index contributed by atoms with van der Waals surface area (Å²) in [5.74, 6) is -2.43. The Bertz CT molecular complexity index is 1450. The predicted octanol–water partition coefficient (Wildman–Crippen LogP) is -0.243. The Hall–Kier alpha value is -3.98. The van der Waals surface area contributed by atoms with Crippen LogP contribution in [0.1, 0.15) is 11.3 Å². The number of anilines is 1. The number of aryl methyl sites for hydroxylation is 1. The zero-order valence-corrected chi connectivity index (χ0v) is 20.7. The second-order valence-corrected chi connectivity index (χ2v) is 10.3. The van der Waals surface area contributed by atoms with Crippen molar-refractivity contribution in [3.63, 3.8) is 0 Å². The maximum absolute atomic E-state index is 13.0. The van der Waals surface area contributed by atoms with Crippen LogP contribution in [0.5, 0.6) is 0 Å². The number of pyridine rings is 1. The van der Waals surface area contributed by atoms with E-state index in [1.807, 2.05) is 29.8 Å². The number of carboxylic acid groups (broad SMARTS) is 1. The molecule has 0 saturated carbocycles. The lowest BCUT2D eigenvalue weighted by molar-refractivity contribution is -0.670. The second-order valence-electron chi connectivity index (χ2n) is 8.07. The quantitative estimate of drug-likeness (QED) is 0.162. The number of aliphatic carboxylic acids is 1. The van der Waals surface area contributed by atoms with E-state index in [-0.39, 0.29) is 27.5 Å². The summed E-state index contributed by atoms with van der Waals surface area (Å²) >= 11 is 2.51. The molecule has 1 fully saturated rings. The SMILES string of the molecule is CO/N=C(\C(=O)N[C@@H]1C(=O)N2C(C(=O)O)=CC(C[n+]3cnn4cc(C)ccc43)S[C@@H]12)c1csc(N)n1. The molecule has 3 aromatic rings. The van der Waals surface area contributed by atoms with E-state index in [1.165, 1.54) is 23.8 Å². The molecule has 36 heavy (non-hydrogen) atoms. The molecule has 2 aliphatic heterocycles. The molecule has 0 radical (unpaired) electrons. The molecule has 3 aromatic heterocycles. The monoisotopic (exact) mass is 529 g/mol. The van der Waals surface area contributed by atoms with Gasteiger partial charge in [-0.05, 0) is 24.6 Å². The summed E-state index contributed by atoms with van der Waals surface area (Å²) in [6, 6.07) is 2.94. The molecule has 5 heterocycles. The van der Waals surface area contributed by atoms with Crippen LogP contribution in [-0.4, -0.2) is 71.9 Å². The van der Waals surface area contributed by atoms with Gasteiger partial charge in [0, 0.05) is 16.5 Å². The number of aromatic nitrogens is 4. The van der Waals surface area contributed by atoms with Crippen molar-refractivity contribution in [3.8, 4) is 0 Å². The fourth-order valence-corrected chi connectivity index (χ4v) is 6.10. The van der Waals surface area contributed by atoms with E-state index in [0.717, 1.165) is 22.5 Å². The van der Waals surface area contributed by atoms with Crippen molar-refractivity contribution < 1.29 is 28.9 Å². The van der Waals surface area contributed by atoms with Gasteiger partial charge in [-0.1, -0.05) is 9.67 Å². The van der Waals surface area contributed by atoms with Gasteiger partial charge in [-0.25, -0.2) is 14.3 Å². The lowest BCUT2D eigenvalue weighted by Crippen LogP contribution is -2.71. The first-order valence-electron chi connectivity index (χ1n) is 10.7. The van der Waals surface area contributed by atoms with E-state index >= 15 is 0 Å². The molecule has 1 unspecified atom stereocenters. The van der Waals surface area contributed by atoms with Crippen LogP contribution in [0, 0.1) is 6.92 Å². The third-order valence-corrected chi connectivity index (χ3v) is 7.74. The highest BCUT2D eigenvalue weighted by Gasteiger charge is 2.54. The molecule has 0 bridgehead atoms. The fourth-order valence-electron chi connectivity index (χ4n) is 4.05. The Kier molecular flexibility index (Phi) is 6.09. The van der Waals surface area contributed by atoms with Crippen LogP contribution in [0.25, 0.3) is 5.65 Å². The number of nitrogens with two attached hydrogens (primary N) is 1. The van der Waals surface area contributed by atoms with Gasteiger partial charge in [-0.3, -0.25) is 14.5 Å². The minimum atomic E-state index is -1.22. The number of thioether (sulfide) groups is 1. The van der Waals surface area contributed by atoms with E-state index < -0.39 is 29.2 Å². The number of fused-ring (bicyclic) bond motifs is 2. The number of nitrogens with one attached hydrogen (secondary N) is 1. The number of carbonyl (C=O) groups is 3. The first kappa shape index (κ1) is 23.7. The van der Waals surface area contributed by atoms with Gasteiger partial charge in [-0.15, -0.1) is 23.1 Å². The van der Waals surface area contributed by atoms with Gasteiger partial charge < -0.3 is 21.0 Å². The van der Waals surface area contributed by atoms with E-state index in [4.69, 9.17) is 10.6 Å². The van der Waals surface area contributed by atoms with Gasteiger partial charge in [0.15, 0.2) is 10.8 Å². The maximum atomic E-state index is 13.0. The summed E-state index contributed by atoms with van der Waals surface area (Å²) < 4.78 is 3.65. The number of β-lactam (4-membered cyclic amide) rings is 1. The Balaban J connectivity index is 1.37. The van der Waals surface area contributed by atoms with Crippen molar-refractivity contribution in [1.82, 2.24) is 24.8 Å². The molecule has 2 aliphatic rings. The lowest BCUT2D eigenvalue weighted by atomic mass is 10.0. The van der Waals surface area contributed by atoms with Crippen LogP contribution in [0.4, 0.5) is 5.13 Å². The number of hydrogen-bond acceptors (Lipinski definition) is 10. The van der Waals surface area contributed by atoms with Crippen molar-refractivity contribution >= 4 is 57.4 Å². The number of oxime groups is 1. The summed E-state index contributed by atoms with van der Waals surface area (Å²) in [7, 11) is 1.28. The molecule has 15 heteroatoms. The first-order chi connectivity index (χ1) is 17.3. The molecule has 0 spiro atoms. The summed E-state index contributed by atoms with van der Waals surface area (Å²) in [6.45, 7) is 2.38. The van der Waals surface area contributed by atoms with Crippen molar-refractivity contribution in [2.75, 3.05) is 12.8 Å². The molecule has 4 N–H and O–H groups in total. The average molecular weight is 530 g/mol. The highest BCUT2D eigenvalue weighted by atomic mass is 32.2. The molecule has 0 aliphatic carbocycles. The van der Waals surface area contributed by atoms with Crippen LogP contribution >= 0.6 is 23.1 Å². The van der Waals surface area contributed by atoms with Gasteiger partial charge in [-0.2, -0.15) is 0 Å². The smallest absolute Gasteiger partial charge is 0.352 e. The number of carboxylic acids is 1. The normalized spacial score (nSPS) is 21.6. The average Bonchev–Trinajstić information content (AvgIpc) is 3.45. The van der Waals surface area contributed by atoms with Crippen molar-refractivity contribution in [1.29, 1.82) is 0 Å². The Morgan fingerprint density at radius 1 is 1.39 bits per heavy atom. The summed E-state index contributed by atoms with van der Waals surface area (Å²) in [4.78, 5) is 47.8. The first-order valence-corrected chi connectivity index (χ1v) is 12.5. The minimum Gasteiger partial charge on any atom is -0.477 e. The topological polar surface area (TPSA) is 168 Å². The summed E-state index contributed by atoms with van der Waals surface area (Å²) in [5, 5.41) is 21.4. The molecule has 186 valence electrons. The van der Waals surface area contributed by atoms with Crippen LogP contribution in [0.2, 0.25) is 0 Å². The Morgan fingerprint density at radius 3 is 2.89 bits per heavy atom. The highest BCUT2D eigenvalue weighted by molar-refractivity contribution is 8.00. The largest absolute Gasteiger partial charge is 0.477 e. The van der Waals surface area contributed by atoms with Crippen molar-refractivity contribution in [2.24, 2.45) is 5.16 Å². The summed E-state index contributed by atoms with van der Waals surface area (Å²) in [6.07, 6.45) is 5.12. The Morgan fingerprint density at radius 2 is 2.19 bits per heavy atom. The van der Waals surface area contributed by atoms with E-state index in [9.17, 15) is 19.5 Å². The van der Waals surface area contributed by atoms with Gasteiger partial charge >= 0.3 is 5.97 Å². The molecule has 0 aromatic carbocycles. The van der Waals surface area contributed by atoms with Crippen LogP contribution in [0.3, 0.4) is 0 Å². The zero-order valence-electron chi connectivity index (χ0n) is 19.1. The number of hydrogen-bond donors (Lipinski definition) is 3. The molecule has 13 nitrogen and oxygen atoms in total. The molecular formula is C21H21N8O5S2+. The van der Waals surface area contributed by atoms with Crippen LogP contribution in [0.15, 0.2) is 47.0 Å². The summed E-state index contributed by atoms with van der Waals surface area (Å²) in [5.41, 5.74) is 7.50.